The molecule has 0 amide bonds. The first-order valence-electron chi connectivity index (χ1n) is 9.14. The number of hydrogen-bond acceptors (Lipinski definition) is 4. The number of nitrogens with one attached hydrogen (secondary N) is 2. The van der Waals surface area contributed by atoms with Crippen LogP contribution in [0.5, 0.6) is 0 Å². The molecule has 5 rings (SSSR count). The second-order valence-electron chi connectivity index (χ2n) is 7.06. The summed E-state index contributed by atoms with van der Waals surface area (Å²) in [5, 5.41) is 8.59. The average Bonchev–Trinajstić information content (AvgIpc) is 3.34. The standard InChI is InChI=1S/C22H15F2N5O/c1-10-13-6-11(2-5-18(13)29-28-10)12-7-14-15(9-27-22(14)26-8-12)21(30)19-16(23)3-4-17(25)20(19)24/h2-9H,25H2,1H3,(H,26,27)(H,28,29). The van der Waals surface area contributed by atoms with Gasteiger partial charge in [-0.05, 0) is 42.8 Å². The number of fused-ring (bicyclic) bond motifs is 2. The van der Waals surface area contributed by atoms with E-state index in [1.54, 1.807) is 12.3 Å². The number of pyridine rings is 1. The second-order valence-corrected chi connectivity index (χ2v) is 7.06. The van der Waals surface area contributed by atoms with E-state index in [-0.39, 0.29) is 11.3 Å². The lowest BCUT2D eigenvalue weighted by Gasteiger charge is -2.06. The highest BCUT2D eigenvalue weighted by molar-refractivity contribution is 6.16. The minimum absolute atomic E-state index is 0.114. The Kier molecular flexibility index (Phi) is 3.89. The smallest absolute Gasteiger partial charge is 0.201 e. The quantitative estimate of drug-likeness (QED) is 0.305. The summed E-state index contributed by atoms with van der Waals surface area (Å²) in [5.74, 6) is -2.84. The van der Waals surface area contributed by atoms with Gasteiger partial charge in [0, 0.05) is 40.0 Å². The van der Waals surface area contributed by atoms with E-state index in [2.05, 4.69) is 20.2 Å². The number of aromatic amines is 2. The Balaban J connectivity index is 1.65. The van der Waals surface area contributed by atoms with Crippen LogP contribution in [0.4, 0.5) is 14.5 Å². The van der Waals surface area contributed by atoms with Gasteiger partial charge in [-0.15, -0.1) is 0 Å². The molecule has 0 saturated heterocycles. The maximum atomic E-state index is 14.4. The molecule has 0 saturated carbocycles. The van der Waals surface area contributed by atoms with Gasteiger partial charge in [0.25, 0.3) is 0 Å². The van der Waals surface area contributed by atoms with Gasteiger partial charge in [-0.3, -0.25) is 9.89 Å². The number of nitrogen functional groups attached to an aromatic ring is 1. The molecule has 30 heavy (non-hydrogen) atoms. The first-order valence-corrected chi connectivity index (χ1v) is 9.14. The molecule has 0 spiro atoms. The highest BCUT2D eigenvalue weighted by Crippen LogP contribution is 2.30. The molecule has 3 heterocycles. The molecule has 0 fully saturated rings. The summed E-state index contributed by atoms with van der Waals surface area (Å²) >= 11 is 0. The number of nitrogens with zero attached hydrogens (tertiary/aromatic N) is 2. The van der Waals surface area contributed by atoms with Crippen LogP contribution in [0.3, 0.4) is 0 Å². The van der Waals surface area contributed by atoms with Crippen LogP contribution in [0.1, 0.15) is 21.6 Å². The maximum absolute atomic E-state index is 14.4. The molecule has 3 aromatic heterocycles. The Hall–Kier alpha value is -4.07. The number of hydrogen-bond donors (Lipinski definition) is 3. The molecule has 2 aromatic carbocycles. The van der Waals surface area contributed by atoms with Crippen LogP contribution < -0.4 is 5.73 Å². The van der Waals surface area contributed by atoms with Gasteiger partial charge >= 0.3 is 0 Å². The predicted octanol–water partition coefficient (Wildman–Crippen LogP) is 4.51. The molecule has 0 atom stereocenters. The van der Waals surface area contributed by atoms with E-state index >= 15 is 0 Å². The summed E-state index contributed by atoms with van der Waals surface area (Å²) in [7, 11) is 0. The van der Waals surface area contributed by atoms with Crippen molar-refractivity contribution in [2.24, 2.45) is 0 Å². The Morgan fingerprint density at radius 1 is 1.07 bits per heavy atom. The predicted molar refractivity (Wildman–Crippen MR) is 110 cm³/mol. The number of halogens is 2. The molecule has 0 radical (unpaired) electrons. The van der Waals surface area contributed by atoms with Crippen LogP contribution in [0.25, 0.3) is 33.1 Å². The molecule has 0 unspecified atom stereocenters. The van der Waals surface area contributed by atoms with Crippen LogP contribution in [0, 0.1) is 18.6 Å². The molecular formula is C22H15F2N5O. The van der Waals surface area contributed by atoms with E-state index in [0.29, 0.717) is 11.0 Å². The first kappa shape index (κ1) is 18.0. The SMILES string of the molecule is Cc1[nH]nc2ccc(-c3cnc4[nH]cc(C(=O)c5c(F)ccc(N)c5F)c4c3)cc12. The highest BCUT2D eigenvalue weighted by Gasteiger charge is 2.24. The van der Waals surface area contributed by atoms with E-state index in [1.807, 2.05) is 25.1 Å². The third-order valence-corrected chi connectivity index (χ3v) is 5.20. The molecule has 8 heteroatoms. The van der Waals surface area contributed by atoms with Crippen LogP contribution in [-0.4, -0.2) is 25.9 Å². The van der Waals surface area contributed by atoms with Crippen LogP contribution in [0.2, 0.25) is 0 Å². The molecule has 4 N–H and O–H groups in total. The number of nitrogens with two attached hydrogens (primary N) is 1. The van der Waals surface area contributed by atoms with Gasteiger partial charge in [0.2, 0.25) is 5.78 Å². The van der Waals surface area contributed by atoms with Gasteiger partial charge in [0.15, 0.2) is 5.82 Å². The van der Waals surface area contributed by atoms with Gasteiger partial charge in [0.05, 0.1) is 16.8 Å². The number of aryl methyl sites for hydroxylation is 1. The summed E-state index contributed by atoms with van der Waals surface area (Å²) in [6.07, 6.45) is 3.07. The summed E-state index contributed by atoms with van der Waals surface area (Å²) < 4.78 is 28.6. The van der Waals surface area contributed by atoms with E-state index in [4.69, 9.17) is 5.73 Å². The number of rotatable bonds is 3. The Labute approximate surface area is 168 Å². The van der Waals surface area contributed by atoms with Gasteiger partial charge < -0.3 is 10.7 Å². The molecular weight excluding hydrogens is 388 g/mol. The summed E-state index contributed by atoms with van der Waals surface area (Å²) in [4.78, 5) is 20.2. The zero-order valence-electron chi connectivity index (χ0n) is 15.8. The highest BCUT2D eigenvalue weighted by atomic mass is 19.1. The summed E-state index contributed by atoms with van der Waals surface area (Å²) in [6.45, 7) is 1.93. The molecule has 0 bridgehead atoms. The lowest BCUT2D eigenvalue weighted by molar-refractivity contribution is 0.103. The normalized spacial score (nSPS) is 11.4. The van der Waals surface area contributed by atoms with Crippen molar-refractivity contribution in [3.05, 3.63) is 77.2 Å². The zero-order valence-corrected chi connectivity index (χ0v) is 15.8. The number of aromatic nitrogens is 4. The lowest BCUT2D eigenvalue weighted by Crippen LogP contribution is -2.09. The third kappa shape index (κ3) is 2.65. The van der Waals surface area contributed by atoms with Crippen molar-refractivity contribution < 1.29 is 13.6 Å². The second kappa shape index (κ2) is 6.48. The van der Waals surface area contributed by atoms with Gasteiger partial charge in [-0.2, -0.15) is 5.10 Å². The largest absolute Gasteiger partial charge is 0.396 e. The molecule has 0 aliphatic heterocycles. The Bertz CT molecular complexity index is 1470. The van der Waals surface area contributed by atoms with Crippen molar-refractivity contribution in [2.75, 3.05) is 5.73 Å². The van der Waals surface area contributed by atoms with Crippen molar-refractivity contribution in [2.45, 2.75) is 6.92 Å². The zero-order chi connectivity index (χ0) is 21.0. The van der Waals surface area contributed by atoms with Crippen molar-refractivity contribution in [3.8, 4) is 11.1 Å². The van der Waals surface area contributed by atoms with Crippen molar-refractivity contribution in [3.63, 3.8) is 0 Å². The summed E-state index contributed by atoms with van der Waals surface area (Å²) in [6, 6.07) is 9.60. The van der Waals surface area contributed by atoms with Crippen LogP contribution >= 0.6 is 0 Å². The van der Waals surface area contributed by atoms with Crippen molar-refractivity contribution in [1.82, 2.24) is 20.2 Å². The van der Waals surface area contributed by atoms with Gasteiger partial charge in [-0.25, -0.2) is 13.8 Å². The van der Waals surface area contributed by atoms with E-state index < -0.39 is 23.0 Å². The van der Waals surface area contributed by atoms with Crippen LogP contribution in [0.15, 0.2) is 48.8 Å². The molecule has 5 aromatic rings. The fraction of sp³-hybridized carbons (Fsp3) is 0.0455. The topological polar surface area (TPSA) is 100 Å². The van der Waals surface area contributed by atoms with E-state index in [0.717, 1.165) is 39.9 Å². The average molecular weight is 403 g/mol. The fourth-order valence-electron chi connectivity index (χ4n) is 3.58. The van der Waals surface area contributed by atoms with E-state index in [1.165, 1.54) is 6.20 Å². The fourth-order valence-corrected chi connectivity index (χ4v) is 3.58. The molecule has 6 nitrogen and oxygen atoms in total. The monoisotopic (exact) mass is 403 g/mol. The minimum Gasteiger partial charge on any atom is -0.396 e. The lowest BCUT2D eigenvalue weighted by atomic mass is 9.99. The molecule has 0 aliphatic carbocycles. The van der Waals surface area contributed by atoms with Gasteiger partial charge in [0.1, 0.15) is 11.5 Å². The molecule has 148 valence electrons. The minimum atomic E-state index is -1.07. The Morgan fingerprint density at radius 3 is 2.70 bits per heavy atom. The third-order valence-electron chi connectivity index (χ3n) is 5.20. The van der Waals surface area contributed by atoms with Gasteiger partial charge in [-0.1, -0.05) is 6.07 Å². The Morgan fingerprint density at radius 2 is 1.87 bits per heavy atom. The number of carbonyl (C=O) groups is 1. The van der Waals surface area contributed by atoms with Crippen LogP contribution in [-0.2, 0) is 0 Å². The van der Waals surface area contributed by atoms with E-state index in [9.17, 15) is 13.6 Å². The number of benzene rings is 2. The number of ketones is 1. The number of anilines is 1. The molecule has 0 aliphatic rings. The maximum Gasteiger partial charge on any atom is 0.201 e. The number of carbonyl (C=O) groups excluding carboxylic acids is 1. The summed E-state index contributed by atoms with van der Waals surface area (Å²) in [5.41, 5.74) is 8.51. The van der Waals surface area contributed by atoms with Crippen molar-refractivity contribution in [1.29, 1.82) is 0 Å². The van der Waals surface area contributed by atoms with Crippen molar-refractivity contribution >= 4 is 33.4 Å². The number of H-pyrrole nitrogens is 2. The first-order chi connectivity index (χ1) is 14.4.